The molecule has 0 saturated heterocycles. The minimum Gasteiger partial charge on any atom is -0.497 e. The van der Waals surface area contributed by atoms with E-state index in [2.05, 4.69) is 5.32 Å². The van der Waals surface area contributed by atoms with Gasteiger partial charge in [0.1, 0.15) is 11.5 Å². The maximum absolute atomic E-state index is 13.8. The number of carbonyl (C=O) groups excluding carboxylic acids is 2. The number of hydrogen-bond acceptors (Lipinski definition) is 6. The first-order valence-corrected chi connectivity index (χ1v) is 12.6. The van der Waals surface area contributed by atoms with Crippen molar-refractivity contribution in [3.05, 3.63) is 82.2 Å². The second kappa shape index (κ2) is 11.0. The van der Waals surface area contributed by atoms with Crippen molar-refractivity contribution in [2.75, 3.05) is 13.7 Å². The molecular weight excluding hydrogens is 454 g/mol. The average Bonchev–Trinajstić information content (AvgIpc) is 2.86. The predicted molar refractivity (Wildman–Crippen MR) is 139 cm³/mol. The van der Waals surface area contributed by atoms with Gasteiger partial charge < -0.3 is 19.5 Å². The van der Waals surface area contributed by atoms with Gasteiger partial charge in [0.05, 0.1) is 31.3 Å². The van der Waals surface area contributed by atoms with Crippen molar-refractivity contribution in [1.29, 1.82) is 0 Å². The molecule has 1 N–H and O–H groups in total. The Hall–Kier alpha value is -3.54. The molecule has 1 heterocycles. The van der Waals surface area contributed by atoms with Crippen LogP contribution in [0.5, 0.6) is 11.5 Å². The molecule has 0 bridgehead atoms. The zero-order chi connectivity index (χ0) is 25.8. The number of para-hydroxylation sites is 1. The molecule has 0 unspecified atom stereocenters. The van der Waals surface area contributed by atoms with Crippen molar-refractivity contribution in [3.63, 3.8) is 0 Å². The molecule has 0 spiro atoms. The summed E-state index contributed by atoms with van der Waals surface area (Å²) in [6.45, 7) is 8.10. The molecule has 6 heteroatoms. The van der Waals surface area contributed by atoms with Crippen LogP contribution in [0.3, 0.4) is 0 Å². The van der Waals surface area contributed by atoms with Crippen molar-refractivity contribution in [3.8, 4) is 11.5 Å². The summed E-state index contributed by atoms with van der Waals surface area (Å²) in [5.74, 6) is 0.575. The molecule has 1 aliphatic carbocycles. The number of methoxy groups -OCH3 is 1. The van der Waals surface area contributed by atoms with Crippen LogP contribution in [-0.2, 0) is 14.3 Å². The standard InChI is InChI=1S/C30H35NO5/c1-6-15-35-30(33)27-19(4)31-24-16-21(20-11-13-22(34-5)14-12-20)17-25(32)29(24)28(27)23-9-7-8-10-26(23)36-18(2)3/h7-14,18,21,28,31H,6,15-17H2,1-5H3/t21-,28-/m1/s1. The molecule has 2 aromatic rings. The Morgan fingerprint density at radius 2 is 1.81 bits per heavy atom. The number of nitrogens with one attached hydrogen (secondary N) is 1. The van der Waals surface area contributed by atoms with E-state index in [1.54, 1.807) is 7.11 Å². The molecule has 0 amide bonds. The largest absolute Gasteiger partial charge is 0.497 e. The lowest BCUT2D eigenvalue weighted by molar-refractivity contribution is -0.139. The summed E-state index contributed by atoms with van der Waals surface area (Å²) in [4.78, 5) is 27.1. The Balaban J connectivity index is 1.80. The smallest absolute Gasteiger partial charge is 0.336 e. The number of rotatable bonds is 8. The first-order chi connectivity index (χ1) is 17.3. The number of dihydropyridines is 1. The molecule has 0 radical (unpaired) electrons. The molecule has 6 nitrogen and oxygen atoms in total. The van der Waals surface area contributed by atoms with Crippen LogP contribution < -0.4 is 14.8 Å². The van der Waals surface area contributed by atoms with Gasteiger partial charge in [-0.15, -0.1) is 0 Å². The highest BCUT2D eigenvalue weighted by molar-refractivity contribution is 6.04. The highest BCUT2D eigenvalue weighted by atomic mass is 16.5. The third kappa shape index (κ3) is 5.18. The van der Waals surface area contributed by atoms with E-state index in [-0.39, 0.29) is 17.8 Å². The third-order valence-corrected chi connectivity index (χ3v) is 6.66. The summed E-state index contributed by atoms with van der Waals surface area (Å²) in [5, 5.41) is 3.41. The second-order valence-electron chi connectivity index (χ2n) is 9.63. The number of esters is 1. The SMILES string of the molecule is CCCOC(=O)C1=C(C)NC2=C(C(=O)C[C@H](c3ccc(OC)cc3)C2)[C@@H]1c1ccccc1OC(C)C. The number of hydrogen-bond donors (Lipinski definition) is 1. The van der Waals surface area contributed by atoms with Gasteiger partial charge in [-0.25, -0.2) is 4.79 Å². The Morgan fingerprint density at radius 1 is 1.08 bits per heavy atom. The van der Waals surface area contributed by atoms with Gasteiger partial charge in [0, 0.05) is 29.0 Å². The average molecular weight is 490 g/mol. The minimum atomic E-state index is -0.551. The van der Waals surface area contributed by atoms with Gasteiger partial charge in [-0.05, 0) is 63.3 Å². The Bertz CT molecular complexity index is 1190. The number of benzene rings is 2. The van der Waals surface area contributed by atoms with E-state index in [1.807, 2.05) is 76.2 Å². The van der Waals surface area contributed by atoms with E-state index in [1.165, 1.54) is 0 Å². The molecule has 0 fully saturated rings. The van der Waals surface area contributed by atoms with Crippen LogP contribution in [0.2, 0.25) is 0 Å². The van der Waals surface area contributed by atoms with Crippen molar-refractivity contribution >= 4 is 11.8 Å². The van der Waals surface area contributed by atoms with E-state index < -0.39 is 11.9 Å². The van der Waals surface area contributed by atoms with Crippen LogP contribution in [-0.4, -0.2) is 31.6 Å². The van der Waals surface area contributed by atoms with E-state index in [4.69, 9.17) is 14.2 Å². The predicted octanol–water partition coefficient (Wildman–Crippen LogP) is 5.80. The molecule has 0 saturated carbocycles. The topological polar surface area (TPSA) is 73.9 Å². The monoisotopic (exact) mass is 489 g/mol. The van der Waals surface area contributed by atoms with Crippen LogP contribution in [0.25, 0.3) is 0 Å². The Labute approximate surface area is 213 Å². The maximum Gasteiger partial charge on any atom is 0.336 e. The van der Waals surface area contributed by atoms with E-state index >= 15 is 0 Å². The quantitative estimate of drug-likeness (QED) is 0.473. The molecular formula is C30H35NO5. The highest BCUT2D eigenvalue weighted by Crippen LogP contribution is 2.47. The number of Topliss-reactive ketones (excluding diaryl/α,β-unsaturated/α-hetero) is 1. The molecule has 190 valence electrons. The Kier molecular flexibility index (Phi) is 7.82. The first-order valence-electron chi connectivity index (χ1n) is 12.6. The van der Waals surface area contributed by atoms with Crippen LogP contribution >= 0.6 is 0 Å². The molecule has 36 heavy (non-hydrogen) atoms. The summed E-state index contributed by atoms with van der Waals surface area (Å²) in [6.07, 6.45) is 1.71. The molecule has 4 rings (SSSR count). The van der Waals surface area contributed by atoms with Gasteiger partial charge in [-0.2, -0.15) is 0 Å². The van der Waals surface area contributed by atoms with Crippen molar-refractivity contribution < 1.29 is 23.8 Å². The fourth-order valence-corrected chi connectivity index (χ4v) is 5.09. The molecule has 2 aromatic carbocycles. The lowest BCUT2D eigenvalue weighted by atomic mass is 9.71. The van der Waals surface area contributed by atoms with Crippen molar-refractivity contribution in [2.45, 2.75) is 64.9 Å². The van der Waals surface area contributed by atoms with E-state index in [9.17, 15) is 9.59 Å². The lowest BCUT2D eigenvalue weighted by Crippen LogP contribution is -2.36. The van der Waals surface area contributed by atoms with Gasteiger partial charge in [0.15, 0.2) is 5.78 Å². The normalized spacial score (nSPS) is 19.7. The van der Waals surface area contributed by atoms with Gasteiger partial charge in [0.2, 0.25) is 0 Å². The summed E-state index contributed by atoms with van der Waals surface area (Å²) in [7, 11) is 1.64. The zero-order valence-electron chi connectivity index (χ0n) is 21.7. The van der Waals surface area contributed by atoms with Crippen LogP contribution in [0.1, 0.15) is 69.9 Å². The number of allylic oxidation sites excluding steroid dienone is 3. The fraction of sp³-hybridized carbons (Fsp3) is 0.400. The van der Waals surface area contributed by atoms with Gasteiger partial charge in [-0.3, -0.25) is 4.79 Å². The molecule has 1 aliphatic heterocycles. The second-order valence-corrected chi connectivity index (χ2v) is 9.63. The first kappa shape index (κ1) is 25.5. The van der Waals surface area contributed by atoms with Gasteiger partial charge in [-0.1, -0.05) is 37.3 Å². The van der Waals surface area contributed by atoms with E-state index in [0.29, 0.717) is 42.0 Å². The fourth-order valence-electron chi connectivity index (χ4n) is 5.09. The summed E-state index contributed by atoms with van der Waals surface area (Å²) < 4.78 is 17.0. The van der Waals surface area contributed by atoms with Crippen molar-refractivity contribution in [1.82, 2.24) is 5.32 Å². The summed E-state index contributed by atoms with van der Waals surface area (Å²) in [5.41, 5.74) is 4.57. The van der Waals surface area contributed by atoms with Crippen LogP contribution in [0.4, 0.5) is 0 Å². The summed E-state index contributed by atoms with van der Waals surface area (Å²) >= 11 is 0. The number of ketones is 1. The number of carbonyl (C=O) groups is 2. The van der Waals surface area contributed by atoms with Gasteiger partial charge >= 0.3 is 5.97 Å². The molecule has 2 atom stereocenters. The third-order valence-electron chi connectivity index (χ3n) is 6.66. The Morgan fingerprint density at radius 3 is 2.47 bits per heavy atom. The maximum atomic E-state index is 13.8. The van der Waals surface area contributed by atoms with E-state index in [0.717, 1.165) is 29.0 Å². The summed E-state index contributed by atoms with van der Waals surface area (Å²) in [6, 6.07) is 15.6. The number of ether oxygens (including phenoxy) is 3. The minimum absolute atomic E-state index is 0.0298. The highest BCUT2D eigenvalue weighted by Gasteiger charge is 2.42. The van der Waals surface area contributed by atoms with Gasteiger partial charge in [0.25, 0.3) is 0 Å². The van der Waals surface area contributed by atoms with Crippen LogP contribution in [0, 0.1) is 0 Å². The zero-order valence-corrected chi connectivity index (χ0v) is 21.7. The van der Waals surface area contributed by atoms with Crippen LogP contribution in [0.15, 0.2) is 71.1 Å². The van der Waals surface area contributed by atoms with Crippen molar-refractivity contribution in [2.24, 2.45) is 0 Å². The molecule has 0 aromatic heterocycles. The lowest BCUT2D eigenvalue weighted by Gasteiger charge is -2.37. The molecule has 2 aliphatic rings.